The summed E-state index contributed by atoms with van der Waals surface area (Å²) in [5, 5.41) is 8.80. The van der Waals surface area contributed by atoms with Crippen molar-refractivity contribution in [3.63, 3.8) is 0 Å². The van der Waals surface area contributed by atoms with E-state index in [1.807, 2.05) is 11.0 Å². The Balaban J connectivity index is 1.71. The molecule has 2 aliphatic rings. The molecular formula is C12H15N5O2. The fraction of sp³-hybridized carbons (Fsp3) is 0.583. The molecule has 1 aromatic rings. The van der Waals surface area contributed by atoms with E-state index in [9.17, 15) is 0 Å². The average Bonchev–Trinajstić information content (AvgIpc) is 2.88. The van der Waals surface area contributed by atoms with Crippen molar-refractivity contribution >= 4 is 11.8 Å². The third kappa shape index (κ3) is 2.20. The van der Waals surface area contributed by atoms with Gasteiger partial charge in [0.15, 0.2) is 5.79 Å². The van der Waals surface area contributed by atoms with Crippen molar-refractivity contribution in [1.82, 2.24) is 9.97 Å². The van der Waals surface area contributed by atoms with E-state index < -0.39 is 5.79 Å². The lowest BCUT2D eigenvalue weighted by Crippen LogP contribution is -2.45. The summed E-state index contributed by atoms with van der Waals surface area (Å²) in [7, 11) is 0. The van der Waals surface area contributed by atoms with Crippen molar-refractivity contribution < 1.29 is 9.47 Å². The summed E-state index contributed by atoms with van der Waals surface area (Å²) < 4.78 is 11.3. The minimum atomic E-state index is -0.408. The fourth-order valence-electron chi connectivity index (χ4n) is 2.46. The third-order valence-corrected chi connectivity index (χ3v) is 3.55. The molecule has 0 saturated carbocycles. The lowest BCUT2D eigenvalue weighted by molar-refractivity contribution is -0.169. The van der Waals surface area contributed by atoms with Crippen molar-refractivity contribution in [3.05, 3.63) is 11.8 Å². The molecule has 2 aliphatic heterocycles. The molecule has 0 aromatic carbocycles. The van der Waals surface area contributed by atoms with Crippen molar-refractivity contribution in [2.24, 2.45) is 0 Å². The maximum atomic E-state index is 8.80. The molecule has 7 heteroatoms. The third-order valence-electron chi connectivity index (χ3n) is 3.55. The highest BCUT2D eigenvalue weighted by Gasteiger charge is 2.40. The Bertz CT molecular complexity index is 511. The standard InChI is InChI=1S/C12H15N5O2/c13-7-9-8-15-11(16-10(9)14)17-3-1-12(2-4-17)18-5-6-19-12/h8H,1-6H2,(H2,14,15,16). The minimum Gasteiger partial charge on any atom is -0.382 e. The van der Waals surface area contributed by atoms with Crippen LogP contribution in [0.15, 0.2) is 6.20 Å². The van der Waals surface area contributed by atoms with Crippen LogP contribution in [0.1, 0.15) is 18.4 Å². The lowest BCUT2D eigenvalue weighted by atomic mass is 10.0. The molecule has 3 rings (SSSR count). The number of rotatable bonds is 1. The molecule has 0 atom stereocenters. The van der Waals surface area contributed by atoms with Crippen LogP contribution in [-0.2, 0) is 9.47 Å². The minimum absolute atomic E-state index is 0.223. The largest absolute Gasteiger partial charge is 0.382 e. The van der Waals surface area contributed by atoms with E-state index in [1.165, 1.54) is 6.20 Å². The highest BCUT2D eigenvalue weighted by molar-refractivity contribution is 5.50. The number of hydrogen-bond donors (Lipinski definition) is 1. The SMILES string of the molecule is N#Cc1cnc(N2CCC3(CC2)OCCO3)nc1N. The number of nitrogens with zero attached hydrogens (tertiary/aromatic N) is 4. The van der Waals surface area contributed by atoms with E-state index >= 15 is 0 Å². The van der Waals surface area contributed by atoms with Crippen LogP contribution in [-0.4, -0.2) is 42.1 Å². The van der Waals surface area contributed by atoms with Gasteiger partial charge in [-0.2, -0.15) is 10.2 Å². The normalized spacial score (nSPS) is 21.5. The summed E-state index contributed by atoms with van der Waals surface area (Å²) in [6.45, 7) is 2.84. The molecule has 100 valence electrons. The summed E-state index contributed by atoms with van der Waals surface area (Å²) >= 11 is 0. The second kappa shape index (κ2) is 4.64. The molecule has 0 bridgehead atoms. The Kier molecular flexibility index (Phi) is 2.97. The first-order chi connectivity index (χ1) is 9.22. The highest BCUT2D eigenvalue weighted by Crippen LogP contribution is 2.32. The zero-order valence-electron chi connectivity index (χ0n) is 10.5. The Hall–Kier alpha value is -1.91. The van der Waals surface area contributed by atoms with Gasteiger partial charge in [-0.15, -0.1) is 0 Å². The first-order valence-electron chi connectivity index (χ1n) is 6.28. The van der Waals surface area contributed by atoms with Crippen LogP contribution < -0.4 is 10.6 Å². The number of aromatic nitrogens is 2. The molecule has 1 aromatic heterocycles. The predicted molar refractivity (Wildman–Crippen MR) is 67.2 cm³/mol. The predicted octanol–water partition coefficient (Wildman–Crippen LogP) is 0.274. The van der Waals surface area contributed by atoms with Crippen LogP contribution in [0.5, 0.6) is 0 Å². The molecule has 0 unspecified atom stereocenters. The molecule has 2 N–H and O–H groups in total. The smallest absolute Gasteiger partial charge is 0.227 e. The van der Waals surface area contributed by atoms with Gasteiger partial charge in [-0.05, 0) is 0 Å². The summed E-state index contributed by atoms with van der Waals surface area (Å²) in [6, 6.07) is 1.96. The van der Waals surface area contributed by atoms with Gasteiger partial charge in [0, 0.05) is 25.9 Å². The molecule has 7 nitrogen and oxygen atoms in total. The van der Waals surface area contributed by atoms with Crippen molar-refractivity contribution in [2.45, 2.75) is 18.6 Å². The number of hydrogen-bond acceptors (Lipinski definition) is 7. The maximum absolute atomic E-state index is 8.80. The molecule has 0 aliphatic carbocycles. The molecule has 1 spiro atoms. The topological polar surface area (TPSA) is 97.3 Å². The quantitative estimate of drug-likeness (QED) is 0.775. The van der Waals surface area contributed by atoms with Gasteiger partial charge in [-0.25, -0.2) is 4.98 Å². The van der Waals surface area contributed by atoms with Crippen molar-refractivity contribution in [1.29, 1.82) is 5.26 Å². The van der Waals surface area contributed by atoms with E-state index in [1.54, 1.807) is 0 Å². The molecule has 2 fully saturated rings. The van der Waals surface area contributed by atoms with Crippen molar-refractivity contribution in [2.75, 3.05) is 36.9 Å². The Morgan fingerprint density at radius 1 is 1.32 bits per heavy atom. The van der Waals surface area contributed by atoms with Crippen LogP contribution >= 0.6 is 0 Å². The second-order valence-corrected chi connectivity index (χ2v) is 4.68. The van der Waals surface area contributed by atoms with Gasteiger partial charge in [0.05, 0.1) is 19.4 Å². The lowest BCUT2D eigenvalue weighted by Gasteiger charge is -2.37. The van der Waals surface area contributed by atoms with Crippen LogP contribution in [0, 0.1) is 11.3 Å². The maximum Gasteiger partial charge on any atom is 0.227 e. The number of ether oxygens (including phenoxy) is 2. The highest BCUT2D eigenvalue weighted by atomic mass is 16.7. The van der Waals surface area contributed by atoms with Crippen LogP contribution in [0.2, 0.25) is 0 Å². The van der Waals surface area contributed by atoms with Crippen molar-refractivity contribution in [3.8, 4) is 6.07 Å². The Morgan fingerprint density at radius 3 is 2.58 bits per heavy atom. The first-order valence-corrected chi connectivity index (χ1v) is 6.28. The summed E-state index contributed by atoms with van der Waals surface area (Å²) in [5.74, 6) is 0.375. The van der Waals surface area contributed by atoms with E-state index in [-0.39, 0.29) is 5.82 Å². The second-order valence-electron chi connectivity index (χ2n) is 4.68. The van der Waals surface area contributed by atoms with E-state index in [4.69, 9.17) is 20.5 Å². The summed E-state index contributed by atoms with van der Waals surface area (Å²) in [5.41, 5.74) is 6.01. The number of anilines is 2. The van der Waals surface area contributed by atoms with E-state index in [0.717, 1.165) is 25.9 Å². The number of nitrogen functional groups attached to an aromatic ring is 1. The molecule has 3 heterocycles. The number of nitriles is 1. The van der Waals surface area contributed by atoms with Crippen LogP contribution in [0.25, 0.3) is 0 Å². The molecule has 19 heavy (non-hydrogen) atoms. The van der Waals surface area contributed by atoms with E-state index in [0.29, 0.717) is 24.7 Å². The Morgan fingerprint density at radius 2 is 2.00 bits per heavy atom. The fourth-order valence-corrected chi connectivity index (χ4v) is 2.46. The number of nitrogens with two attached hydrogens (primary N) is 1. The summed E-state index contributed by atoms with van der Waals surface area (Å²) in [4.78, 5) is 10.4. The average molecular weight is 261 g/mol. The molecule has 0 radical (unpaired) electrons. The summed E-state index contributed by atoms with van der Waals surface area (Å²) in [6.07, 6.45) is 3.04. The molecule has 0 amide bonds. The first kappa shape index (κ1) is 12.1. The van der Waals surface area contributed by atoms with Gasteiger partial charge < -0.3 is 20.1 Å². The zero-order chi connectivity index (χ0) is 13.3. The zero-order valence-corrected chi connectivity index (χ0v) is 10.5. The monoisotopic (exact) mass is 261 g/mol. The van der Waals surface area contributed by atoms with E-state index in [2.05, 4.69) is 9.97 Å². The van der Waals surface area contributed by atoms with Crippen LogP contribution in [0.3, 0.4) is 0 Å². The van der Waals surface area contributed by atoms with Gasteiger partial charge in [-0.3, -0.25) is 0 Å². The van der Waals surface area contributed by atoms with Gasteiger partial charge in [0.1, 0.15) is 17.5 Å². The van der Waals surface area contributed by atoms with Gasteiger partial charge >= 0.3 is 0 Å². The van der Waals surface area contributed by atoms with Gasteiger partial charge in [0.2, 0.25) is 5.95 Å². The number of piperidine rings is 1. The van der Waals surface area contributed by atoms with Crippen LogP contribution in [0.4, 0.5) is 11.8 Å². The molecule has 2 saturated heterocycles. The molecular weight excluding hydrogens is 246 g/mol. The van der Waals surface area contributed by atoms with Gasteiger partial charge in [-0.1, -0.05) is 0 Å². The Labute approximate surface area is 110 Å². The van der Waals surface area contributed by atoms with Gasteiger partial charge in [0.25, 0.3) is 0 Å².